The van der Waals surface area contributed by atoms with E-state index in [9.17, 15) is 9.90 Å². The van der Waals surface area contributed by atoms with Gasteiger partial charge in [-0.25, -0.2) is 4.79 Å². The third kappa shape index (κ3) is 3.36. The summed E-state index contributed by atoms with van der Waals surface area (Å²) in [6.45, 7) is 5.67. The van der Waals surface area contributed by atoms with Gasteiger partial charge in [0.1, 0.15) is 6.10 Å². The predicted molar refractivity (Wildman–Crippen MR) is 133 cm³/mol. The van der Waals surface area contributed by atoms with Crippen LogP contribution in [-0.4, -0.2) is 30.0 Å². The third-order valence-corrected chi connectivity index (χ3v) is 11.1. The number of amides is 1. The van der Waals surface area contributed by atoms with Crippen LogP contribution >= 0.6 is 15.9 Å². The standard InChI is InChI=1S/C28H36BrNO3/c1-27-13-11-20(31)15-17(27)3-8-21-22-9-10-24(28(22,2)14-12-23(21)27)25-16-30(26(32)33-25)19-6-4-18(29)5-7-19/h3-7,20-25,31H,8-16H2,1-2H3/t20-,21-,22-,23-,24+,25?,27-,28-/m0/s1. The molecule has 4 aliphatic carbocycles. The van der Waals surface area contributed by atoms with E-state index in [0.717, 1.165) is 41.3 Å². The van der Waals surface area contributed by atoms with Crippen molar-refractivity contribution in [3.63, 3.8) is 0 Å². The number of halogens is 1. The number of hydrogen-bond acceptors (Lipinski definition) is 3. The highest BCUT2D eigenvalue weighted by atomic mass is 79.9. The first-order chi connectivity index (χ1) is 15.8. The number of cyclic esters (lactones) is 1. The average molecular weight is 515 g/mol. The molecule has 33 heavy (non-hydrogen) atoms. The number of ether oxygens (including phenoxy) is 1. The lowest BCUT2D eigenvalue weighted by molar-refractivity contribution is -0.0657. The molecule has 8 atom stereocenters. The number of fused-ring (bicyclic) bond motifs is 5. The van der Waals surface area contributed by atoms with E-state index in [-0.39, 0.29) is 29.1 Å². The van der Waals surface area contributed by atoms with Gasteiger partial charge >= 0.3 is 6.09 Å². The zero-order chi connectivity index (χ0) is 23.0. The first-order valence-electron chi connectivity index (χ1n) is 12.9. The summed E-state index contributed by atoms with van der Waals surface area (Å²) in [5, 5.41) is 10.3. The topological polar surface area (TPSA) is 49.8 Å². The van der Waals surface area contributed by atoms with Gasteiger partial charge in [0.25, 0.3) is 0 Å². The van der Waals surface area contributed by atoms with Crippen LogP contribution in [-0.2, 0) is 4.74 Å². The number of aliphatic hydroxyl groups is 1. The van der Waals surface area contributed by atoms with Gasteiger partial charge in [0.05, 0.1) is 12.6 Å². The van der Waals surface area contributed by atoms with Crippen LogP contribution in [0.25, 0.3) is 0 Å². The Balaban J connectivity index is 1.23. The van der Waals surface area contributed by atoms with Crippen molar-refractivity contribution < 1.29 is 14.6 Å². The van der Waals surface area contributed by atoms with Crippen molar-refractivity contribution in [1.29, 1.82) is 0 Å². The van der Waals surface area contributed by atoms with E-state index in [1.165, 1.54) is 37.7 Å². The number of carbonyl (C=O) groups is 1. The van der Waals surface area contributed by atoms with Crippen LogP contribution in [0.4, 0.5) is 10.5 Å². The Kier molecular flexibility index (Phi) is 5.27. The second-order valence-corrected chi connectivity index (χ2v) is 12.8. The fraction of sp³-hybridized carbons (Fsp3) is 0.679. The van der Waals surface area contributed by atoms with Crippen molar-refractivity contribution in [3.8, 4) is 0 Å². The van der Waals surface area contributed by atoms with Crippen molar-refractivity contribution in [3.05, 3.63) is 40.4 Å². The van der Waals surface area contributed by atoms with E-state index in [1.54, 1.807) is 0 Å². The number of allylic oxidation sites excluding steroid dienone is 1. The monoisotopic (exact) mass is 513 g/mol. The second kappa shape index (κ2) is 7.84. The number of anilines is 1. The molecule has 0 spiro atoms. The van der Waals surface area contributed by atoms with Gasteiger partial charge in [0.15, 0.2) is 0 Å². The Labute approximate surface area is 205 Å². The molecule has 6 rings (SSSR count). The molecule has 0 aromatic heterocycles. The van der Waals surface area contributed by atoms with Gasteiger partial charge in [-0.05, 0) is 104 Å². The van der Waals surface area contributed by atoms with E-state index < -0.39 is 0 Å². The number of aliphatic hydroxyl groups excluding tert-OH is 1. The van der Waals surface area contributed by atoms with E-state index in [4.69, 9.17) is 4.74 Å². The summed E-state index contributed by atoms with van der Waals surface area (Å²) >= 11 is 3.48. The fourth-order valence-corrected chi connectivity index (χ4v) is 9.08. The molecule has 1 unspecified atom stereocenters. The lowest BCUT2D eigenvalue weighted by Gasteiger charge is -2.58. The molecule has 4 nitrogen and oxygen atoms in total. The Morgan fingerprint density at radius 2 is 1.79 bits per heavy atom. The molecule has 1 heterocycles. The number of hydrogen-bond donors (Lipinski definition) is 1. The highest BCUT2D eigenvalue weighted by Crippen LogP contribution is 2.67. The van der Waals surface area contributed by atoms with Crippen molar-refractivity contribution in [2.45, 2.75) is 77.4 Å². The molecule has 1 saturated heterocycles. The number of carbonyl (C=O) groups excluding carboxylic acids is 1. The van der Waals surface area contributed by atoms with Crippen molar-refractivity contribution in [1.82, 2.24) is 0 Å². The highest BCUT2D eigenvalue weighted by molar-refractivity contribution is 9.10. The molecule has 3 saturated carbocycles. The van der Waals surface area contributed by atoms with Crippen LogP contribution in [0.2, 0.25) is 0 Å². The quantitative estimate of drug-likeness (QED) is 0.446. The van der Waals surface area contributed by atoms with Gasteiger partial charge in [-0.1, -0.05) is 41.4 Å². The van der Waals surface area contributed by atoms with Gasteiger partial charge in [0.2, 0.25) is 0 Å². The van der Waals surface area contributed by atoms with Crippen molar-refractivity contribution >= 4 is 27.7 Å². The summed E-state index contributed by atoms with van der Waals surface area (Å²) in [4.78, 5) is 14.6. The highest BCUT2D eigenvalue weighted by Gasteiger charge is 2.61. The van der Waals surface area contributed by atoms with Crippen molar-refractivity contribution in [2.24, 2.45) is 34.5 Å². The summed E-state index contributed by atoms with van der Waals surface area (Å²) in [5.74, 6) is 2.63. The molecule has 5 heteroatoms. The predicted octanol–water partition coefficient (Wildman–Crippen LogP) is 6.71. The van der Waals surface area contributed by atoms with E-state index in [0.29, 0.717) is 18.4 Å². The molecule has 5 aliphatic rings. The maximum absolute atomic E-state index is 12.8. The van der Waals surface area contributed by atoms with Crippen LogP contribution in [0.3, 0.4) is 0 Å². The molecular formula is C28H36BrNO3. The minimum Gasteiger partial charge on any atom is -0.444 e. The largest absolute Gasteiger partial charge is 0.444 e. The molecule has 1 N–H and O–H groups in total. The lowest BCUT2D eigenvalue weighted by atomic mass is 9.47. The summed E-state index contributed by atoms with van der Waals surface area (Å²) in [6, 6.07) is 7.96. The molecule has 0 radical (unpaired) electrons. The summed E-state index contributed by atoms with van der Waals surface area (Å²) < 4.78 is 7.06. The van der Waals surface area contributed by atoms with Crippen LogP contribution < -0.4 is 4.90 Å². The van der Waals surface area contributed by atoms with Crippen LogP contribution in [0.1, 0.15) is 65.2 Å². The Bertz CT molecular complexity index is 976. The molecule has 0 bridgehead atoms. The van der Waals surface area contributed by atoms with Gasteiger partial charge in [-0.3, -0.25) is 4.90 Å². The van der Waals surface area contributed by atoms with Crippen LogP contribution in [0.15, 0.2) is 40.4 Å². The molecule has 1 amide bonds. The number of benzene rings is 1. The SMILES string of the molecule is C[C@]12CC[C@H]3[C@@H](CC=C4C[C@@H](O)CC[C@@]43C)[C@@H]1CC[C@@H]2C1CN(c2ccc(Br)cc2)C(=O)O1. The van der Waals surface area contributed by atoms with Gasteiger partial charge < -0.3 is 9.84 Å². The van der Waals surface area contributed by atoms with E-state index >= 15 is 0 Å². The van der Waals surface area contributed by atoms with Crippen LogP contribution in [0, 0.1) is 34.5 Å². The summed E-state index contributed by atoms with van der Waals surface area (Å²) in [6.07, 6.45) is 11.2. The maximum Gasteiger partial charge on any atom is 0.414 e. The smallest absolute Gasteiger partial charge is 0.414 e. The van der Waals surface area contributed by atoms with E-state index in [1.807, 2.05) is 29.2 Å². The Hall–Kier alpha value is -1.33. The maximum atomic E-state index is 12.8. The minimum atomic E-state index is -0.193. The second-order valence-electron chi connectivity index (χ2n) is 11.9. The zero-order valence-corrected chi connectivity index (χ0v) is 21.4. The Morgan fingerprint density at radius 1 is 1.03 bits per heavy atom. The van der Waals surface area contributed by atoms with Gasteiger partial charge in [-0.2, -0.15) is 0 Å². The molecule has 1 aromatic rings. The lowest BCUT2D eigenvalue weighted by Crippen LogP contribution is -2.51. The first kappa shape index (κ1) is 22.2. The normalized spacial score (nSPS) is 44.5. The van der Waals surface area contributed by atoms with Crippen LogP contribution in [0.5, 0.6) is 0 Å². The average Bonchev–Trinajstić information content (AvgIpc) is 3.34. The molecule has 1 aromatic carbocycles. The number of nitrogens with zero attached hydrogens (tertiary/aromatic N) is 1. The Morgan fingerprint density at radius 3 is 2.58 bits per heavy atom. The molecule has 4 fully saturated rings. The summed E-state index contributed by atoms with van der Waals surface area (Å²) in [5.41, 5.74) is 2.99. The first-order valence-corrected chi connectivity index (χ1v) is 13.7. The zero-order valence-electron chi connectivity index (χ0n) is 19.8. The number of rotatable bonds is 2. The molecule has 1 aliphatic heterocycles. The summed E-state index contributed by atoms with van der Waals surface area (Å²) in [7, 11) is 0. The van der Waals surface area contributed by atoms with Gasteiger partial charge in [-0.15, -0.1) is 0 Å². The van der Waals surface area contributed by atoms with Gasteiger partial charge in [0, 0.05) is 16.1 Å². The van der Waals surface area contributed by atoms with Crippen molar-refractivity contribution in [2.75, 3.05) is 11.4 Å². The van der Waals surface area contributed by atoms with E-state index in [2.05, 4.69) is 35.9 Å². The fourth-order valence-electron chi connectivity index (χ4n) is 8.82. The molecule has 178 valence electrons. The minimum absolute atomic E-state index is 0.0113. The third-order valence-electron chi connectivity index (χ3n) is 10.6. The molecular weight excluding hydrogens is 478 g/mol.